The van der Waals surface area contributed by atoms with Crippen molar-refractivity contribution in [1.29, 1.82) is 0 Å². The Labute approximate surface area is 133 Å². The second-order valence-electron chi connectivity index (χ2n) is 4.79. The maximum absolute atomic E-state index is 12.0. The summed E-state index contributed by atoms with van der Waals surface area (Å²) in [6, 6.07) is 3.96. The normalized spacial score (nSPS) is 10.6. The van der Waals surface area contributed by atoms with Gasteiger partial charge in [-0.2, -0.15) is 0 Å². The number of hydrogen-bond acceptors (Lipinski definition) is 4. The van der Waals surface area contributed by atoms with Gasteiger partial charge in [0, 0.05) is 4.47 Å². The summed E-state index contributed by atoms with van der Waals surface area (Å²) in [7, 11) is 0. The van der Waals surface area contributed by atoms with E-state index in [0.717, 1.165) is 21.2 Å². The van der Waals surface area contributed by atoms with Crippen molar-refractivity contribution in [2.75, 3.05) is 13.2 Å². The second kappa shape index (κ2) is 8.17. The number of ether oxygens (including phenoxy) is 2. The smallest absolute Gasteiger partial charge is 0.320 e. The van der Waals surface area contributed by atoms with E-state index in [1.807, 2.05) is 26.0 Å². The van der Waals surface area contributed by atoms with E-state index in [4.69, 9.17) is 9.47 Å². The molecular weight excluding hydrogens is 336 g/mol. The van der Waals surface area contributed by atoms with Crippen LogP contribution in [0.15, 0.2) is 16.6 Å². The number of halogens is 1. The molecule has 0 aromatic heterocycles. The van der Waals surface area contributed by atoms with E-state index in [1.54, 1.807) is 13.8 Å². The van der Waals surface area contributed by atoms with Crippen LogP contribution in [0.1, 0.15) is 30.5 Å². The summed E-state index contributed by atoms with van der Waals surface area (Å²) in [4.78, 5) is 24.0. The van der Waals surface area contributed by atoms with E-state index in [2.05, 4.69) is 15.9 Å². The van der Waals surface area contributed by atoms with Gasteiger partial charge in [0.05, 0.1) is 13.2 Å². The average molecular weight is 357 g/mol. The molecule has 1 rings (SSSR count). The second-order valence-corrected chi connectivity index (χ2v) is 5.64. The standard InChI is InChI=1S/C16H21BrO4/c1-5-20-15(18)13(16(19)21-6-2)9-12-7-11(4)14(17)8-10(12)3/h7-8,13H,5-6,9H2,1-4H3. The number of hydrogen-bond donors (Lipinski definition) is 0. The Hall–Kier alpha value is -1.36. The fourth-order valence-corrected chi connectivity index (χ4v) is 2.49. The maximum atomic E-state index is 12.0. The van der Waals surface area contributed by atoms with Crippen molar-refractivity contribution < 1.29 is 19.1 Å². The fourth-order valence-electron chi connectivity index (χ4n) is 2.03. The Morgan fingerprint density at radius 3 is 2.05 bits per heavy atom. The molecule has 0 radical (unpaired) electrons. The van der Waals surface area contributed by atoms with E-state index >= 15 is 0 Å². The first-order valence-corrected chi connectivity index (χ1v) is 7.78. The lowest BCUT2D eigenvalue weighted by atomic mass is 9.94. The number of carbonyl (C=O) groups is 2. The maximum Gasteiger partial charge on any atom is 0.320 e. The van der Waals surface area contributed by atoms with Gasteiger partial charge >= 0.3 is 11.9 Å². The van der Waals surface area contributed by atoms with Crippen LogP contribution >= 0.6 is 15.9 Å². The van der Waals surface area contributed by atoms with E-state index in [9.17, 15) is 9.59 Å². The summed E-state index contributed by atoms with van der Waals surface area (Å²) in [5.74, 6) is -1.98. The van der Waals surface area contributed by atoms with Crippen LogP contribution in [-0.4, -0.2) is 25.2 Å². The summed E-state index contributed by atoms with van der Waals surface area (Å²) in [6.45, 7) is 7.84. The van der Waals surface area contributed by atoms with Crippen molar-refractivity contribution >= 4 is 27.9 Å². The zero-order valence-electron chi connectivity index (χ0n) is 12.9. The van der Waals surface area contributed by atoms with E-state index in [-0.39, 0.29) is 19.6 Å². The fraction of sp³-hybridized carbons (Fsp3) is 0.500. The molecular formula is C16H21BrO4. The molecule has 0 aliphatic carbocycles. The molecule has 0 heterocycles. The minimum absolute atomic E-state index is 0.243. The number of esters is 2. The quantitative estimate of drug-likeness (QED) is 0.579. The molecule has 116 valence electrons. The number of rotatable bonds is 6. The molecule has 0 spiro atoms. The number of aryl methyl sites for hydroxylation is 2. The Morgan fingerprint density at radius 1 is 1.05 bits per heavy atom. The molecule has 0 fully saturated rings. The predicted octanol–water partition coefficient (Wildman–Crippen LogP) is 3.35. The number of carbonyl (C=O) groups excluding carboxylic acids is 2. The molecule has 0 bridgehead atoms. The zero-order valence-corrected chi connectivity index (χ0v) is 14.5. The topological polar surface area (TPSA) is 52.6 Å². The first-order valence-electron chi connectivity index (χ1n) is 6.99. The Bertz CT molecular complexity index is 507. The summed E-state index contributed by atoms with van der Waals surface area (Å²) in [5.41, 5.74) is 3.02. The summed E-state index contributed by atoms with van der Waals surface area (Å²) < 4.78 is 11.0. The lowest BCUT2D eigenvalue weighted by Crippen LogP contribution is -2.30. The van der Waals surface area contributed by atoms with Gasteiger partial charge in [-0.05, 0) is 56.9 Å². The molecule has 0 aliphatic heterocycles. The van der Waals surface area contributed by atoms with Gasteiger partial charge < -0.3 is 9.47 Å². The molecule has 0 atom stereocenters. The molecule has 0 aliphatic rings. The summed E-state index contributed by atoms with van der Waals surface area (Å²) >= 11 is 3.47. The molecule has 1 aromatic carbocycles. The van der Waals surface area contributed by atoms with E-state index < -0.39 is 17.9 Å². The van der Waals surface area contributed by atoms with Gasteiger partial charge in [0.15, 0.2) is 5.92 Å². The van der Waals surface area contributed by atoms with Crippen LogP contribution in [0.25, 0.3) is 0 Å². The lowest BCUT2D eigenvalue weighted by Gasteiger charge is -2.16. The predicted molar refractivity (Wildman–Crippen MR) is 84.1 cm³/mol. The van der Waals surface area contributed by atoms with Gasteiger partial charge in [0.25, 0.3) is 0 Å². The first-order chi connectivity index (χ1) is 9.90. The number of benzene rings is 1. The van der Waals surface area contributed by atoms with Gasteiger partial charge in [-0.3, -0.25) is 9.59 Å². The highest BCUT2D eigenvalue weighted by molar-refractivity contribution is 9.10. The zero-order chi connectivity index (χ0) is 16.0. The van der Waals surface area contributed by atoms with E-state index in [1.165, 1.54) is 0 Å². The van der Waals surface area contributed by atoms with E-state index in [0.29, 0.717) is 0 Å². The van der Waals surface area contributed by atoms with Crippen molar-refractivity contribution in [2.45, 2.75) is 34.1 Å². The van der Waals surface area contributed by atoms with Crippen LogP contribution in [0.5, 0.6) is 0 Å². The highest BCUT2D eigenvalue weighted by Crippen LogP contribution is 2.24. The molecule has 21 heavy (non-hydrogen) atoms. The molecule has 0 amide bonds. The van der Waals surface area contributed by atoms with Gasteiger partial charge in [-0.15, -0.1) is 0 Å². The van der Waals surface area contributed by atoms with Crippen LogP contribution in [0.3, 0.4) is 0 Å². The molecule has 4 nitrogen and oxygen atoms in total. The lowest BCUT2D eigenvalue weighted by molar-refractivity contribution is -0.161. The third kappa shape index (κ3) is 4.84. The summed E-state index contributed by atoms with van der Waals surface area (Å²) in [5, 5.41) is 0. The third-order valence-electron chi connectivity index (χ3n) is 3.18. The van der Waals surface area contributed by atoms with Crippen molar-refractivity contribution in [3.05, 3.63) is 33.3 Å². The molecule has 0 saturated carbocycles. The molecule has 1 aromatic rings. The van der Waals surface area contributed by atoms with Crippen LogP contribution in [0, 0.1) is 19.8 Å². The minimum atomic E-state index is -0.913. The Balaban J connectivity index is 3.03. The monoisotopic (exact) mass is 356 g/mol. The minimum Gasteiger partial charge on any atom is -0.465 e. The Kier molecular flexibility index (Phi) is 6.89. The van der Waals surface area contributed by atoms with Gasteiger partial charge in [0.1, 0.15) is 0 Å². The van der Waals surface area contributed by atoms with Crippen LogP contribution in [0.2, 0.25) is 0 Å². The van der Waals surface area contributed by atoms with Gasteiger partial charge in [-0.1, -0.05) is 22.0 Å². The highest BCUT2D eigenvalue weighted by atomic mass is 79.9. The van der Waals surface area contributed by atoms with Gasteiger partial charge in [0.2, 0.25) is 0 Å². The molecule has 5 heteroatoms. The highest BCUT2D eigenvalue weighted by Gasteiger charge is 2.30. The summed E-state index contributed by atoms with van der Waals surface area (Å²) in [6.07, 6.45) is 0.289. The SMILES string of the molecule is CCOC(=O)C(Cc1cc(C)c(Br)cc1C)C(=O)OCC. The largest absolute Gasteiger partial charge is 0.465 e. The van der Waals surface area contributed by atoms with Crippen LogP contribution in [0.4, 0.5) is 0 Å². The van der Waals surface area contributed by atoms with Crippen LogP contribution < -0.4 is 0 Å². The molecule has 0 unspecified atom stereocenters. The molecule has 0 N–H and O–H groups in total. The van der Waals surface area contributed by atoms with Crippen molar-refractivity contribution in [3.63, 3.8) is 0 Å². The van der Waals surface area contributed by atoms with Crippen molar-refractivity contribution in [1.82, 2.24) is 0 Å². The van der Waals surface area contributed by atoms with Crippen molar-refractivity contribution in [2.24, 2.45) is 5.92 Å². The first kappa shape index (κ1) is 17.7. The van der Waals surface area contributed by atoms with Crippen molar-refractivity contribution in [3.8, 4) is 0 Å². The van der Waals surface area contributed by atoms with Crippen LogP contribution in [-0.2, 0) is 25.5 Å². The van der Waals surface area contributed by atoms with Gasteiger partial charge in [-0.25, -0.2) is 0 Å². The Morgan fingerprint density at radius 2 is 1.57 bits per heavy atom. The molecule has 0 saturated heterocycles. The third-order valence-corrected chi connectivity index (χ3v) is 4.04. The average Bonchev–Trinajstić information content (AvgIpc) is 2.41.